The highest BCUT2D eigenvalue weighted by Gasteiger charge is 1.98. The monoisotopic (exact) mass is 196 g/mol. The molecule has 0 atom stereocenters. The average Bonchev–Trinajstić information content (AvgIpc) is 2.13. The number of aliphatic imine (C=N–C) groups is 1. The molecule has 0 saturated carbocycles. The van der Waals surface area contributed by atoms with Crippen molar-refractivity contribution >= 4 is 23.1 Å². The molecule has 0 amide bonds. The Bertz CT molecular complexity index is 332. The zero-order valence-corrected chi connectivity index (χ0v) is 8.60. The van der Waals surface area contributed by atoms with Crippen molar-refractivity contribution in [2.24, 2.45) is 10.7 Å². The second-order valence-corrected chi connectivity index (χ2v) is 3.22. The molecule has 0 saturated heterocycles. The van der Waals surface area contributed by atoms with E-state index in [1.807, 2.05) is 32.0 Å². The number of hydrogen-bond donors (Lipinski definition) is 1. The average molecular weight is 197 g/mol. The lowest BCUT2D eigenvalue weighted by molar-refractivity contribution is 1.30. The van der Waals surface area contributed by atoms with Crippen molar-refractivity contribution in [3.63, 3.8) is 0 Å². The summed E-state index contributed by atoms with van der Waals surface area (Å²) in [5.41, 5.74) is 8.80. The SMILES string of the molecule is Cc1cccc(N=C(N)CCl)c1C. The molecular weight excluding hydrogens is 184 g/mol. The van der Waals surface area contributed by atoms with Crippen LogP contribution in [0.15, 0.2) is 23.2 Å². The van der Waals surface area contributed by atoms with E-state index in [0.717, 1.165) is 11.3 Å². The summed E-state index contributed by atoms with van der Waals surface area (Å²) in [6, 6.07) is 5.94. The Morgan fingerprint density at radius 3 is 2.77 bits per heavy atom. The van der Waals surface area contributed by atoms with Gasteiger partial charge in [-0.05, 0) is 31.0 Å². The van der Waals surface area contributed by atoms with Gasteiger partial charge in [-0.15, -0.1) is 11.6 Å². The van der Waals surface area contributed by atoms with E-state index in [2.05, 4.69) is 4.99 Å². The van der Waals surface area contributed by atoms with Crippen molar-refractivity contribution in [1.82, 2.24) is 0 Å². The first-order chi connectivity index (χ1) is 6.15. The number of nitrogens with two attached hydrogens (primary N) is 1. The van der Waals surface area contributed by atoms with Gasteiger partial charge >= 0.3 is 0 Å². The van der Waals surface area contributed by atoms with E-state index in [1.54, 1.807) is 0 Å². The molecule has 0 aliphatic carbocycles. The second-order valence-electron chi connectivity index (χ2n) is 2.96. The Labute approximate surface area is 83.4 Å². The Balaban J connectivity index is 3.09. The molecule has 2 nitrogen and oxygen atoms in total. The molecule has 0 fully saturated rings. The van der Waals surface area contributed by atoms with Crippen LogP contribution in [0.3, 0.4) is 0 Å². The summed E-state index contributed by atoms with van der Waals surface area (Å²) in [6.07, 6.45) is 0. The molecule has 0 radical (unpaired) electrons. The molecule has 70 valence electrons. The normalized spacial score (nSPS) is 11.8. The Kier molecular flexibility index (Phi) is 3.32. The van der Waals surface area contributed by atoms with E-state index in [0.29, 0.717) is 5.84 Å². The molecule has 1 aromatic carbocycles. The Hall–Kier alpha value is -1.02. The lowest BCUT2D eigenvalue weighted by Gasteiger charge is -2.03. The van der Waals surface area contributed by atoms with E-state index in [1.165, 1.54) is 5.56 Å². The van der Waals surface area contributed by atoms with Crippen LogP contribution in [0.5, 0.6) is 0 Å². The van der Waals surface area contributed by atoms with E-state index in [9.17, 15) is 0 Å². The van der Waals surface area contributed by atoms with Crippen LogP contribution >= 0.6 is 11.6 Å². The third-order valence-electron chi connectivity index (χ3n) is 1.98. The maximum atomic E-state index is 5.54. The summed E-state index contributed by atoms with van der Waals surface area (Å²) >= 11 is 5.54. The third kappa shape index (κ3) is 2.46. The van der Waals surface area contributed by atoms with Crippen LogP contribution in [-0.2, 0) is 0 Å². The third-order valence-corrected chi connectivity index (χ3v) is 2.25. The molecule has 2 N–H and O–H groups in total. The van der Waals surface area contributed by atoms with Crippen LogP contribution in [0.2, 0.25) is 0 Å². The van der Waals surface area contributed by atoms with Gasteiger partial charge < -0.3 is 5.73 Å². The number of nitrogens with zero attached hydrogens (tertiary/aromatic N) is 1. The first-order valence-electron chi connectivity index (χ1n) is 4.10. The minimum Gasteiger partial charge on any atom is -0.386 e. The molecule has 0 aliphatic heterocycles. The van der Waals surface area contributed by atoms with Crippen LogP contribution in [0.4, 0.5) is 5.69 Å². The maximum absolute atomic E-state index is 5.54. The van der Waals surface area contributed by atoms with Crippen molar-refractivity contribution in [2.45, 2.75) is 13.8 Å². The predicted molar refractivity (Wildman–Crippen MR) is 57.9 cm³/mol. The van der Waals surface area contributed by atoms with Crippen molar-refractivity contribution in [1.29, 1.82) is 0 Å². The topological polar surface area (TPSA) is 38.4 Å². The molecule has 0 aliphatic rings. The molecule has 3 heteroatoms. The number of amidine groups is 1. The second kappa shape index (κ2) is 4.28. The fourth-order valence-corrected chi connectivity index (χ4v) is 1.10. The first-order valence-corrected chi connectivity index (χ1v) is 4.64. The number of benzene rings is 1. The van der Waals surface area contributed by atoms with Crippen LogP contribution in [0.1, 0.15) is 11.1 Å². The number of alkyl halides is 1. The Morgan fingerprint density at radius 1 is 1.46 bits per heavy atom. The highest BCUT2D eigenvalue weighted by Crippen LogP contribution is 2.20. The van der Waals surface area contributed by atoms with Crippen LogP contribution < -0.4 is 5.73 Å². The molecule has 0 heterocycles. The summed E-state index contributed by atoms with van der Waals surface area (Å²) in [4.78, 5) is 4.20. The standard InChI is InChI=1S/C10H13ClN2/c1-7-4-3-5-9(8(7)2)13-10(12)6-11/h3-5H,6H2,1-2H3,(H2,12,13). The smallest absolute Gasteiger partial charge is 0.115 e. The zero-order valence-electron chi connectivity index (χ0n) is 7.84. The molecule has 0 bridgehead atoms. The van der Waals surface area contributed by atoms with Gasteiger partial charge in [-0.25, -0.2) is 4.99 Å². The lowest BCUT2D eigenvalue weighted by atomic mass is 10.1. The lowest BCUT2D eigenvalue weighted by Crippen LogP contribution is -2.12. The molecule has 0 aromatic heterocycles. The molecule has 1 rings (SSSR count). The van der Waals surface area contributed by atoms with Gasteiger partial charge in [0.2, 0.25) is 0 Å². The van der Waals surface area contributed by atoms with Gasteiger partial charge in [-0.2, -0.15) is 0 Å². The van der Waals surface area contributed by atoms with Crippen molar-refractivity contribution in [3.05, 3.63) is 29.3 Å². The van der Waals surface area contributed by atoms with Gasteiger partial charge in [0.1, 0.15) is 5.84 Å². The van der Waals surface area contributed by atoms with Gasteiger partial charge in [0.25, 0.3) is 0 Å². The molecular formula is C10H13ClN2. The number of rotatable bonds is 2. The summed E-state index contributed by atoms with van der Waals surface area (Å²) in [5, 5.41) is 0. The number of hydrogen-bond acceptors (Lipinski definition) is 1. The largest absolute Gasteiger partial charge is 0.386 e. The Morgan fingerprint density at radius 2 is 2.15 bits per heavy atom. The summed E-state index contributed by atoms with van der Waals surface area (Å²) in [5.74, 6) is 0.725. The van der Waals surface area contributed by atoms with Crippen LogP contribution in [0, 0.1) is 13.8 Å². The number of halogens is 1. The fraction of sp³-hybridized carbons (Fsp3) is 0.300. The molecule has 0 spiro atoms. The van der Waals surface area contributed by atoms with Gasteiger partial charge in [0.15, 0.2) is 0 Å². The van der Waals surface area contributed by atoms with Gasteiger partial charge in [0.05, 0.1) is 11.6 Å². The van der Waals surface area contributed by atoms with Crippen LogP contribution in [-0.4, -0.2) is 11.7 Å². The summed E-state index contributed by atoms with van der Waals surface area (Å²) in [6.45, 7) is 4.07. The van der Waals surface area contributed by atoms with Crippen molar-refractivity contribution < 1.29 is 0 Å². The van der Waals surface area contributed by atoms with E-state index < -0.39 is 0 Å². The summed E-state index contributed by atoms with van der Waals surface area (Å²) < 4.78 is 0. The van der Waals surface area contributed by atoms with Crippen molar-refractivity contribution in [2.75, 3.05) is 5.88 Å². The highest BCUT2D eigenvalue weighted by atomic mass is 35.5. The zero-order chi connectivity index (χ0) is 9.84. The maximum Gasteiger partial charge on any atom is 0.115 e. The highest BCUT2D eigenvalue weighted by molar-refractivity contribution is 6.28. The summed E-state index contributed by atoms with van der Waals surface area (Å²) in [7, 11) is 0. The quantitative estimate of drug-likeness (QED) is 0.441. The number of aryl methyl sites for hydroxylation is 1. The van der Waals surface area contributed by atoms with E-state index >= 15 is 0 Å². The minimum atomic E-state index is 0.271. The van der Waals surface area contributed by atoms with E-state index in [4.69, 9.17) is 17.3 Å². The molecule has 0 unspecified atom stereocenters. The van der Waals surface area contributed by atoms with E-state index in [-0.39, 0.29) is 5.88 Å². The van der Waals surface area contributed by atoms with Crippen LogP contribution in [0.25, 0.3) is 0 Å². The van der Waals surface area contributed by atoms with Crippen molar-refractivity contribution in [3.8, 4) is 0 Å². The first kappa shape index (κ1) is 10.1. The van der Waals surface area contributed by atoms with Gasteiger partial charge in [-0.3, -0.25) is 0 Å². The van der Waals surface area contributed by atoms with Gasteiger partial charge in [0, 0.05) is 0 Å². The van der Waals surface area contributed by atoms with Gasteiger partial charge in [-0.1, -0.05) is 12.1 Å². The fourth-order valence-electron chi connectivity index (χ4n) is 1.04. The predicted octanol–water partition coefficient (Wildman–Crippen LogP) is 2.53. The molecule has 1 aromatic rings. The molecule has 13 heavy (non-hydrogen) atoms. The minimum absolute atomic E-state index is 0.271.